The maximum absolute atomic E-state index is 12.4. The molecule has 0 radical (unpaired) electrons. The molecule has 0 fully saturated rings. The van der Waals surface area contributed by atoms with Gasteiger partial charge in [-0.05, 0) is 48.7 Å². The van der Waals surface area contributed by atoms with Crippen LogP contribution in [0.2, 0.25) is 10.0 Å². The van der Waals surface area contributed by atoms with Crippen molar-refractivity contribution in [1.29, 1.82) is 0 Å². The summed E-state index contributed by atoms with van der Waals surface area (Å²) in [4.78, 5) is 0.0407. The quantitative estimate of drug-likeness (QED) is 0.876. The van der Waals surface area contributed by atoms with E-state index in [0.29, 0.717) is 5.69 Å². The maximum atomic E-state index is 12.4. The fourth-order valence-corrected chi connectivity index (χ4v) is 3.80. The summed E-state index contributed by atoms with van der Waals surface area (Å²) in [6, 6.07) is 9.84. The molecule has 0 saturated carbocycles. The monoisotopic (exact) mass is 343 g/mol. The highest BCUT2D eigenvalue weighted by atomic mass is 35.5. The smallest absolute Gasteiger partial charge is 0.262 e. The summed E-state index contributed by atoms with van der Waals surface area (Å²) in [5.74, 6) is 0. The Balaban J connectivity index is 2.37. The minimum atomic E-state index is -3.72. The van der Waals surface area contributed by atoms with Crippen molar-refractivity contribution in [3.8, 4) is 0 Å². The van der Waals surface area contributed by atoms with Gasteiger partial charge in [0.25, 0.3) is 10.0 Å². The van der Waals surface area contributed by atoms with Gasteiger partial charge in [-0.2, -0.15) is 0 Å². The molecular weight excluding hydrogens is 329 g/mol. The van der Waals surface area contributed by atoms with E-state index in [9.17, 15) is 8.42 Å². The number of hydrogen-bond acceptors (Lipinski definition) is 2. The number of halogens is 2. The molecule has 112 valence electrons. The van der Waals surface area contributed by atoms with Crippen LogP contribution in [-0.4, -0.2) is 8.42 Å². The molecule has 0 heterocycles. The zero-order valence-corrected chi connectivity index (χ0v) is 14.0. The third-order valence-electron chi connectivity index (χ3n) is 3.09. The lowest BCUT2D eigenvalue weighted by molar-refractivity contribution is 0.601. The van der Waals surface area contributed by atoms with E-state index in [1.54, 1.807) is 6.07 Å². The first-order chi connectivity index (χ1) is 9.81. The minimum absolute atomic E-state index is 0.0407. The molecule has 0 bridgehead atoms. The maximum Gasteiger partial charge on any atom is 0.262 e. The number of sulfonamides is 1. The number of aryl methyl sites for hydroxylation is 2. The summed E-state index contributed by atoms with van der Waals surface area (Å²) in [5, 5.41) is 0.557. The van der Waals surface area contributed by atoms with Crippen LogP contribution in [0.15, 0.2) is 41.3 Å². The standard InChI is InChI=1S/C15H15Cl2NO2S/c1-3-11-4-5-15(10(2)6-11)18-21(19,20)14-8-12(16)7-13(17)9-14/h4-9,18H,3H2,1-2H3. The van der Waals surface area contributed by atoms with Gasteiger partial charge in [0.1, 0.15) is 0 Å². The molecule has 0 aliphatic heterocycles. The number of nitrogens with one attached hydrogen (secondary N) is 1. The molecule has 6 heteroatoms. The third-order valence-corrected chi connectivity index (χ3v) is 4.87. The number of hydrogen-bond donors (Lipinski definition) is 1. The van der Waals surface area contributed by atoms with Crippen molar-refractivity contribution in [3.63, 3.8) is 0 Å². The van der Waals surface area contributed by atoms with Crippen molar-refractivity contribution in [2.45, 2.75) is 25.2 Å². The molecule has 0 aromatic heterocycles. The SMILES string of the molecule is CCc1ccc(NS(=O)(=O)c2cc(Cl)cc(Cl)c2)c(C)c1. The summed E-state index contributed by atoms with van der Waals surface area (Å²) < 4.78 is 27.3. The molecule has 0 aliphatic carbocycles. The van der Waals surface area contributed by atoms with Crippen molar-refractivity contribution in [2.24, 2.45) is 0 Å². The number of rotatable bonds is 4. The Kier molecular flexibility index (Phi) is 4.81. The van der Waals surface area contributed by atoms with Gasteiger partial charge in [-0.25, -0.2) is 8.42 Å². The Bertz CT molecular complexity index is 753. The van der Waals surface area contributed by atoms with Gasteiger partial charge in [0.2, 0.25) is 0 Å². The van der Waals surface area contributed by atoms with E-state index in [2.05, 4.69) is 4.72 Å². The Hall–Kier alpha value is -1.23. The van der Waals surface area contributed by atoms with Crippen LogP contribution in [-0.2, 0) is 16.4 Å². The molecule has 0 unspecified atom stereocenters. The van der Waals surface area contributed by atoms with Gasteiger partial charge in [-0.3, -0.25) is 4.72 Å². The van der Waals surface area contributed by atoms with Gasteiger partial charge in [-0.1, -0.05) is 42.3 Å². The molecule has 0 aliphatic rings. The van der Waals surface area contributed by atoms with Crippen LogP contribution in [0.4, 0.5) is 5.69 Å². The van der Waals surface area contributed by atoms with E-state index in [1.165, 1.54) is 18.2 Å². The highest BCUT2D eigenvalue weighted by Gasteiger charge is 2.16. The van der Waals surface area contributed by atoms with Crippen molar-refractivity contribution in [1.82, 2.24) is 0 Å². The molecular formula is C15H15Cl2NO2S. The molecule has 2 aromatic rings. The highest BCUT2D eigenvalue weighted by molar-refractivity contribution is 7.92. The molecule has 2 aromatic carbocycles. The largest absolute Gasteiger partial charge is 0.279 e. The molecule has 3 nitrogen and oxygen atoms in total. The molecule has 0 amide bonds. The second kappa shape index (κ2) is 6.26. The molecule has 0 spiro atoms. The van der Waals surface area contributed by atoms with Crippen LogP contribution in [0.1, 0.15) is 18.1 Å². The van der Waals surface area contributed by atoms with Crippen molar-refractivity contribution in [2.75, 3.05) is 4.72 Å². The predicted molar refractivity (Wildman–Crippen MR) is 87.8 cm³/mol. The first-order valence-electron chi connectivity index (χ1n) is 6.40. The second-order valence-corrected chi connectivity index (χ2v) is 7.27. The molecule has 0 saturated heterocycles. The van der Waals surface area contributed by atoms with Gasteiger partial charge >= 0.3 is 0 Å². The van der Waals surface area contributed by atoms with Gasteiger partial charge in [0.05, 0.1) is 10.6 Å². The normalized spacial score (nSPS) is 11.4. The molecule has 2 rings (SSSR count). The van der Waals surface area contributed by atoms with Crippen LogP contribution in [0.25, 0.3) is 0 Å². The third kappa shape index (κ3) is 3.90. The lowest BCUT2D eigenvalue weighted by atomic mass is 10.1. The van der Waals surface area contributed by atoms with Gasteiger partial charge in [0.15, 0.2) is 0 Å². The van der Waals surface area contributed by atoms with E-state index in [4.69, 9.17) is 23.2 Å². The molecule has 21 heavy (non-hydrogen) atoms. The van der Waals surface area contributed by atoms with Crippen molar-refractivity contribution in [3.05, 3.63) is 57.6 Å². The Labute approximate surface area is 135 Å². The average molecular weight is 344 g/mol. The van der Waals surface area contributed by atoms with E-state index < -0.39 is 10.0 Å². The fourth-order valence-electron chi connectivity index (χ4n) is 1.95. The zero-order chi connectivity index (χ0) is 15.6. The lowest BCUT2D eigenvalue weighted by Crippen LogP contribution is -2.14. The van der Waals surface area contributed by atoms with Crippen molar-refractivity contribution >= 4 is 38.9 Å². The van der Waals surface area contributed by atoms with Crippen LogP contribution in [0, 0.1) is 6.92 Å². The first kappa shape index (κ1) is 16.1. The first-order valence-corrected chi connectivity index (χ1v) is 8.64. The van der Waals surface area contributed by atoms with Crippen molar-refractivity contribution < 1.29 is 8.42 Å². The number of anilines is 1. The lowest BCUT2D eigenvalue weighted by Gasteiger charge is -2.12. The Morgan fingerprint density at radius 3 is 2.19 bits per heavy atom. The topological polar surface area (TPSA) is 46.2 Å². The van der Waals surface area contributed by atoms with Crippen LogP contribution < -0.4 is 4.72 Å². The van der Waals surface area contributed by atoms with Gasteiger partial charge < -0.3 is 0 Å². The number of benzene rings is 2. The molecule has 1 N–H and O–H groups in total. The van der Waals surface area contributed by atoms with Gasteiger partial charge in [-0.15, -0.1) is 0 Å². The van der Waals surface area contributed by atoms with E-state index >= 15 is 0 Å². The van der Waals surface area contributed by atoms with Crippen LogP contribution in [0.3, 0.4) is 0 Å². The van der Waals surface area contributed by atoms with Crippen LogP contribution >= 0.6 is 23.2 Å². The summed E-state index contributed by atoms with van der Waals surface area (Å²) in [5.41, 5.74) is 2.57. The zero-order valence-electron chi connectivity index (χ0n) is 11.7. The van der Waals surface area contributed by atoms with Gasteiger partial charge in [0, 0.05) is 10.0 Å². The van der Waals surface area contributed by atoms with Crippen LogP contribution in [0.5, 0.6) is 0 Å². The predicted octanol–water partition coefficient (Wildman–Crippen LogP) is 4.67. The Morgan fingerprint density at radius 1 is 1.05 bits per heavy atom. The summed E-state index contributed by atoms with van der Waals surface area (Å²) in [6.45, 7) is 3.91. The fraction of sp³-hybridized carbons (Fsp3) is 0.200. The van der Waals surface area contributed by atoms with E-state index in [-0.39, 0.29) is 14.9 Å². The minimum Gasteiger partial charge on any atom is -0.279 e. The average Bonchev–Trinajstić information content (AvgIpc) is 2.40. The highest BCUT2D eigenvalue weighted by Crippen LogP contribution is 2.25. The summed E-state index contributed by atoms with van der Waals surface area (Å²) >= 11 is 11.7. The summed E-state index contributed by atoms with van der Waals surface area (Å²) in [7, 11) is -3.72. The van der Waals surface area contributed by atoms with E-state index in [1.807, 2.05) is 26.0 Å². The van der Waals surface area contributed by atoms with E-state index in [0.717, 1.165) is 17.5 Å². The summed E-state index contributed by atoms with van der Waals surface area (Å²) in [6.07, 6.45) is 0.901. The molecule has 0 atom stereocenters. The second-order valence-electron chi connectivity index (χ2n) is 4.71. The Morgan fingerprint density at radius 2 is 1.67 bits per heavy atom.